The SMILES string of the molecule is Cc1cccc2ccn(C3C(=O)NCCc4ccccc43)c12. The highest BCUT2D eigenvalue weighted by atomic mass is 16.2. The Morgan fingerprint density at radius 1 is 1.09 bits per heavy atom. The van der Waals surface area contributed by atoms with Crippen LogP contribution in [0, 0.1) is 6.92 Å². The number of nitrogens with one attached hydrogen (secondary N) is 1. The van der Waals surface area contributed by atoms with E-state index in [1.54, 1.807) is 0 Å². The minimum absolute atomic E-state index is 0.0747. The number of fused-ring (bicyclic) bond motifs is 2. The Morgan fingerprint density at radius 3 is 2.86 bits per heavy atom. The van der Waals surface area contributed by atoms with Crippen molar-refractivity contribution in [3.05, 3.63) is 71.4 Å². The van der Waals surface area contributed by atoms with Crippen molar-refractivity contribution in [2.45, 2.75) is 19.4 Å². The molecule has 0 saturated heterocycles. The van der Waals surface area contributed by atoms with Crippen LogP contribution in [0.15, 0.2) is 54.7 Å². The molecule has 2 heterocycles. The molecule has 1 aliphatic rings. The van der Waals surface area contributed by atoms with E-state index in [1.165, 1.54) is 16.5 Å². The van der Waals surface area contributed by atoms with Crippen molar-refractivity contribution >= 4 is 16.8 Å². The molecule has 0 radical (unpaired) electrons. The molecule has 1 aliphatic heterocycles. The Labute approximate surface area is 129 Å². The molecule has 2 aromatic carbocycles. The van der Waals surface area contributed by atoms with Crippen molar-refractivity contribution in [1.82, 2.24) is 9.88 Å². The molecular formula is C19H18N2O. The quantitative estimate of drug-likeness (QED) is 0.733. The van der Waals surface area contributed by atoms with Crippen molar-refractivity contribution in [3.63, 3.8) is 0 Å². The molecule has 1 amide bonds. The first-order valence-corrected chi connectivity index (χ1v) is 7.67. The number of hydrogen-bond donors (Lipinski definition) is 1. The smallest absolute Gasteiger partial charge is 0.247 e. The lowest BCUT2D eigenvalue weighted by atomic mass is 9.98. The molecule has 3 heteroatoms. The first kappa shape index (κ1) is 13.1. The van der Waals surface area contributed by atoms with Gasteiger partial charge in [0.2, 0.25) is 5.91 Å². The number of hydrogen-bond acceptors (Lipinski definition) is 1. The van der Waals surface area contributed by atoms with Gasteiger partial charge in [0.05, 0.1) is 5.52 Å². The molecule has 0 fully saturated rings. The predicted octanol–water partition coefficient (Wildman–Crippen LogP) is 3.21. The standard InChI is InChI=1S/C19H18N2O/c1-13-5-4-7-15-10-12-21(17(13)15)18-16-8-3-2-6-14(16)9-11-20-19(18)22/h2-8,10,12,18H,9,11H2,1H3,(H,20,22). The lowest BCUT2D eigenvalue weighted by Crippen LogP contribution is -2.31. The molecule has 4 rings (SSSR count). The predicted molar refractivity (Wildman–Crippen MR) is 88.0 cm³/mol. The van der Waals surface area contributed by atoms with E-state index in [9.17, 15) is 4.79 Å². The second-order valence-electron chi connectivity index (χ2n) is 5.88. The van der Waals surface area contributed by atoms with Gasteiger partial charge in [-0.15, -0.1) is 0 Å². The Bertz CT molecular complexity index is 863. The molecule has 22 heavy (non-hydrogen) atoms. The monoisotopic (exact) mass is 290 g/mol. The average molecular weight is 290 g/mol. The lowest BCUT2D eigenvalue weighted by molar-refractivity contribution is -0.122. The van der Waals surface area contributed by atoms with Gasteiger partial charge in [0, 0.05) is 12.7 Å². The van der Waals surface area contributed by atoms with Gasteiger partial charge in [0.15, 0.2) is 0 Å². The zero-order valence-electron chi connectivity index (χ0n) is 12.5. The van der Waals surface area contributed by atoms with E-state index in [0.29, 0.717) is 6.54 Å². The summed E-state index contributed by atoms with van der Waals surface area (Å²) in [6.07, 6.45) is 2.92. The summed E-state index contributed by atoms with van der Waals surface area (Å²) in [5, 5.41) is 4.23. The highest BCUT2D eigenvalue weighted by Gasteiger charge is 2.28. The minimum Gasteiger partial charge on any atom is -0.354 e. The minimum atomic E-state index is -0.294. The van der Waals surface area contributed by atoms with E-state index in [1.807, 2.05) is 18.3 Å². The van der Waals surface area contributed by atoms with E-state index in [2.05, 4.69) is 53.2 Å². The van der Waals surface area contributed by atoms with Crippen LogP contribution in [-0.2, 0) is 11.2 Å². The number of amides is 1. The molecule has 0 saturated carbocycles. The van der Waals surface area contributed by atoms with Crippen LogP contribution in [0.4, 0.5) is 0 Å². The lowest BCUT2D eigenvalue weighted by Gasteiger charge is -2.20. The number of benzene rings is 2. The Balaban J connectivity index is 1.98. The van der Waals surface area contributed by atoms with Gasteiger partial charge in [-0.3, -0.25) is 4.79 Å². The van der Waals surface area contributed by atoms with E-state index in [4.69, 9.17) is 0 Å². The van der Waals surface area contributed by atoms with Crippen LogP contribution >= 0.6 is 0 Å². The molecule has 1 atom stereocenters. The summed E-state index contributed by atoms with van der Waals surface area (Å²) in [5.41, 5.74) is 4.69. The van der Waals surface area contributed by atoms with Gasteiger partial charge >= 0.3 is 0 Å². The van der Waals surface area contributed by atoms with Gasteiger partial charge in [-0.2, -0.15) is 0 Å². The number of rotatable bonds is 1. The zero-order chi connectivity index (χ0) is 15.1. The summed E-state index contributed by atoms with van der Waals surface area (Å²) in [5.74, 6) is 0.0747. The van der Waals surface area contributed by atoms with E-state index >= 15 is 0 Å². The van der Waals surface area contributed by atoms with Crippen molar-refractivity contribution in [2.75, 3.05) is 6.54 Å². The summed E-state index contributed by atoms with van der Waals surface area (Å²) in [6.45, 7) is 2.80. The van der Waals surface area contributed by atoms with Gasteiger partial charge in [-0.05, 0) is 41.5 Å². The Hall–Kier alpha value is -2.55. The average Bonchev–Trinajstić information content (AvgIpc) is 2.87. The van der Waals surface area contributed by atoms with Gasteiger partial charge < -0.3 is 9.88 Å². The second-order valence-corrected chi connectivity index (χ2v) is 5.88. The highest BCUT2D eigenvalue weighted by molar-refractivity contribution is 5.89. The van der Waals surface area contributed by atoms with Crippen molar-refractivity contribution < 1.29 is 4.79 Å². The van der Waals surface area contributed by atoms with Gasteiger partial charge in [0.1, 0.15) is 6.04 Å². The number of carbonyl (C=O) groups is 1. The number of nitrogens with zero attached hydrogens (tertiary/aromatic N) is 1. The Morgan fingerprint density at radius 2 is 1.95 bits per heavy atom. The third-order valence-electron chi connectivity index (χ3n) is 4.51. The first-order chi connectivity index (χ1) is 10.8. The maximum atomic E-state index is 12.7. The molecule has 3 nitrogen and oxygen atoms in total. The third-order valence-corrected chi connectivity index (χ3v) is 4.51. The van der Waals surface area contributed by atoms with Crippen LogP contribution in [0.3, 0.4) is 0 Å². The van der Waals surface area contributed by atoms with E-state index < -0.39 is 0 Å². The van der Waals surface area contributed by atoms with Crippen molar-refractivity contribution in [2.24, 2.45) is 0 Å². The topological polar surface area (TPSA) is 34.0 Å². The second kappa shape index (κ2) is 5.02. The van der Waals surface area contributed by atoms with Crippen LogP contribution in [0.5, 0.6) is 0 Å². The van der Waals surface area contributed by atoms with Crippen LogP contribution in [0.1, 0.15) is 22.7 Å². The largest absolute Gasteiger partial charge is 0.354 e. The maximum absolute atomic E-state index is 12.7. The molecular weight excluding hydrogens is 272 g/mol. The fraction of sp³-hybridized carbons (Fsp3) is 0.211. The molecule has 0 spiro atoms. The number of para-hydroxylation sites is 1. The van der Waals surface area contributed by atoms with Crippen LogP contribution < -0.4 is 5.32 Å². The molecule has 0 bridgehead atoms. The summed E-state index contributed by atoms with van der Waals surface area (Å²) in [4.78, 5) is 12.7. The van der Waals surface area contributed by atoms with Crippen molar-refractivity contribution in [1.29, 1.82) is 0 Å². The van der Waals surface area contributed by atoms with E-state index in [0.717, 1.165) is 17.5 Å². The van der Waals surface area contributed by atoms with Crippen LogP contribution in [0.2, 0.25) is 0 Å². The maximum Gasteiger partial charge on any atom is 0.247 e. The normalized spacial score (nSPS) is 17.9. The Kier molecular flexibility index (Phi) is 3.00. The van der Waals surface area contributed by atoms with Gasteiger partial charge in [-0.25, -0.2) is 0 Å². The molecule has 1 N–H and O–H groups in total. The van der Waals surface area contributed by atoms with Crippen LogP contribution in [-0.4, -0.2) is 17.0 Å². The first-order valence-electron chi connectivity index (χ1n) is 7.67. The fourth-order valence-corrected chi connectivity index (χ4v) is 3.48. The summed E-state index contributed by atoms with van der Waals surface area (Å²) in [6, 6.07) is 16.3. The van der Waals surface area contributed by atoms with Gasteiger partial charge in [0.25, 0.3) is 0 Å². The summed E-state index contributed by atoms with van der Waals surface area (Å²) in [7, 11) is 0. The van der Waals surface area contributed by atoms with Crippen LogP contribution in [0.25, 0.3) is 10.9 Å². The zero-order valence-corrected chi connectivity index (χ0v) is 12.5. The fourth-order valence-electron chi connectivity index (χ4n) is 3.48. The molecule has 1 aromatic heterocycles. The molecule has 110 valence electrons. The number of carbonyl (C=O) groups excluding carboxylic acids is 1. The third kappa shape index (κ3) is 1.93. The highest BCUT2D eigenvalue weighted by Crippen LogP contribution is 2.30. The van der Waals surface area contributed by atoms with Gasteiger partial charge in [-0.1, -0.05) is 42.5 Å². The summed E-state index contributed by atoms with van der Waals surface area (Å²) >= 11 is 0. The molecule has 0 aliphatic carbocycles. The van der Waals surface area contributed by atoms with Crippen molar-refractivity contribution in [3.8, 4) is 0 Å². The van der Waals surface area contributed by atoms with E-state index in [-0.39, 0.29) is 11.9 Å². The summed E-state index contributed by atoms with van der Waals surface area (Å²) < 4.78 is 2.12. The number of aryl methyl sites for hydroxylation is 1. The number of aromatic nitrogens is 1. The molecule has 3 aromatic rings. The molecule has 1 unspecified atom stereocenters.